The lowest BCUT2D eigenvalue weighted by molar-refractivity contribution is 0.866. The predicted octanol–water partition coefficient (Wildman–Crippen LogP) is 6.43. The summed E-state index contributed by atoms with van der Waals surface area (Å²) in [5, 5.41) is 13.1. The number of rotatable bonds is 6. The summed E-state index contributed by atoms with van der Waals surface area (Å²) in [4.78, 5) is 0. The second kappa shape index (κ2) is 9.24. The molecule has 2 rings (SSSR count). The Bertz CT molecular complexity index is 853. The predicted molar refractivity (Wildman–Crippen MR) is 116 cm³/mol. The van der Waals surface area contributed by atoms with E-state index < -0.39 is 0 Å². The normalized spacial score (nSPS) is 16.6. The molecule has 140 valence electrons. The van der Waals surface area contributed by atoms with Crippen molar-refractivity contribution in [1.29, 1.82) is 5.26 Å². The van der Waals surface area contributed by atoms with Crippen LogP contribution in [0.2, 0.25) is 0 Å². The molecular weight excluding hydrogens is 328 g/mol. The molecule has 1 N–H and O–H groups in total. The van der Waals surface area contributed by atoms with Gasteiger partial charge in [0.1, 0.15) is 6.07 Å². The maximum Gasteiger partial charge on any atom is 0.101 e. The summed E-state index contributed by atoms with van der Waals surface area (Å²) in [6.07, 6.45) is 6.17. The van der Waals surface area contributed by atoms with E-state index in [-0.39, 0.29) is 0 Å². The van der Waals surface area contributed by atoms with Crippen LogP contribution in [0.5, 0.6) is 0 Å². The van der Waals surface area contributed by atoms with Gasteiger partial charge < -0.3 is 5.32 Å². The fraction of sp³-hybridized carbons (Fsp3) is 0.320. The first-order chi connectivity index (χ1) is 12.8. The molecule has 1 aromatic carbocycles. The van der Waals surface area contributed by atoms with E-state index in [0.29, 0.717) is 12.5 Å². The van der Waals surface area contributed by atoms with Crippen molar-refractivity contribution >= 4 is 5.57 Å². The molecule has 0 saturated heterocycles. The van der Waals surface area contributed by atoms with Gasteiger partial charge in [-0.1, -0.05) is 68.5 Å². The van der Waals surface area contributed by atoms with Crippen LogP contribution in [0.1, 0.15) is 57.6 Å². The van der Waals surface area contributed by atoms with Crippen LogP contribution in [0.4, 0.5) is 0 Å². The lowest BCUT2D eigenvalue weighted by atomic mass is 9.93. The molecule has 2 nitrogen and oxygen atoms in total. The quantitative estimate of drug-likeness (QED) is 0.594. The van der Waals surface area contributed by atoms with Gasteiger partial charge in [0, 0.05) is 6.54 Å². The van der Waals surface area contributed by atoms with Crippen LogP contribution in [0.3, 0.4) is 0 Å². The summed E-state index contributed by atoms with van der Waals surface area (Å²) in [6, 6.07) is 11.1. The third kappa shape index (κ3) is 5.34. The van der Waals surface area contributed by atoms with E-state index in [2.05, 4.69) is 74.8 Å². The molecule has 1 aliphatic carbocycles. The van der Waals surface area contributed by atoms with E-state index in [1.807, 2.05) is 13.8 Å². The van der Waals surface area contributed by atoms with Gasteiger partial charge in [-0.15, -0.1) is 0 Å². The van der Waals surface area contributed by atoms with Crippen LogP contribution < -0.4 is 5.32 Å². The standard InChI is InChI=1S/C25H30N2/c1-17(2)20(6)16-27-25-14-23(9-7-8-19(5)24(25)15-26)22-12-10-21(11-13-22)18(3)4/h9-14,18,27H,1,6-8,16H2,2-5H3/b23-9+,24-19?,25-14?. The fourth-order valence-electron chi connectivity index (χ4n) is 3.00. The Balaban J connectivity index is 2.40. The van der Waals surface area contributed by atoms with Crippen molar-refractivity contribution in [3.63, 3.8) is 0 Å². The minimum Gasteiger partial charge on any atom is -0.380 e. The molecule has 0 fully saturated rings. The van der Waals surface area contributed by atoms with E-state index in [1.54, 1.807) is 0 Å². The Kier molecular flexibility index (Phi) is 7.02. The highest BCUT2D eigenvalue weighted by atomic mass is 14.9. The zero-order valence-corrected chi connectivity index (χ0v) is 17.0. The van der Waals surface area contributed by atoms with Crippen molar-refractivity contribution in [1.82, 2.24) is 5.32 Å². The van der Waals surface area contributed by atoms with Gasteiger partial charge in [-0.3, -0.25) is 0 Å². The Morgan fingerprint density at radius 3 is 2.44 bits per heavy atom. The zero-order valence-electron chi connectivity index (χ0n) is 17.0. The van der Waals surface area contributed by atoms with E-state index in [4.69, 9.17) is 0 Å². The van der Waals surface area contributed by atoms with Gasteiger partial charge in [0.2, 0.25) is 0 Å². The Morgan fingerprint density at radius 2 is 1.89 bits per heavy atom. The van der Waals surface area contributed by atoms with Gasteiger partial charge in [0.15, 0.2) is 0 Å². The molecule has 1 aliphatic rings. The van der Waals surface area contributed by atoms with E-state index >= 15 is 0 Å². The topological polar surface area (TPSA) is 35.8 Å². The van der Waals surface area contributed by atoms with Crippen LogP contribution in [0, 0.1) is 11.3 Å². The van der Waals surface area contributed by atoms with Gasteiger partial charge in [0.05, 0.1) is 11.3 Å². The summed E-state index contributed by atoms with van der Waals surface area (Å²) in [5.74, 6) is 0.516. The summed E-state index contributed by atoms with van der Waals surface area (Å²) in [6.45, 7) is 17.0. The van der Waals surface area contributed by atoms with Crippen molar-refractivity contribution < 1.29 is 0 Å². The third-order valence-electron chi connectivity index (χ3n) is 5.00. The van der Waals surface area contributed by atoms with Crippen LogP contribution in [0.25, 0.3) is 5.57 Å². The molecule has 27 heavy (non-hydrogen) atoms. The number of hydrogen-bond donors (Lipinski definition) is 1. The Labute approximate surface area is 164 Å². The lowest BCUT2D eigenvalue weighted by Gasteiger charge is -2.18. The Hall–Kier alpha value is -2.79. The van der Waals surface area contributed by atoms with Crippen molar-refractivity contribution in [3.8, 4) is 6.07 Å². The van der Waals surface area contributed by atoms with E-state index in [0.717, 1.165) is 46.4 Å². The SMILES string of the molecule is C=C(C)C(=C)CNC1=C/C(c2ccc(C(C)C)cc2)=C\CCC(C)=C1C#N. The average Bonchev–Trinajstić information content (AvgIpc) is 2.63. The minimum atomic E-state index is 0.516. The highest BCUT2D eigenvalue weighted by Crippen LogP contribution is 2.28. The van der Waals surface area contributed by atoms with Gasteiger partial charge in [-0.2, -0.15) is 5.26 Å². The van der Waals surface area contributed by atoms with Crippen LogP contribution >= 0.6 is 0 Å². The number of nitrogens with one attached hydrogen (secondary N) is 1. The molecule has 0 amide bonds. The van der Waals surface area contributed by atoms with Crippen molar-refractivity contribution in [2.75, 3.05) is 6.54 Å². The molecule has 0 saturated carbocycles. The molecular formula is C25H30N2. The number of allylic oxidation sites excluding steroid dienone is 5. The molecule has 1 aromatic rings. The number of nitrogens with zero attached hydrogens (tertiary/aromatic N) is 1. The minimum absolute atomic E-state index is 0.516. The lowest BCUT2D eigenvalue weighted by Crippen LogP contribution is -2.19. The fourth-order valence-corrected chi connectivity index (χ4v) is 3.00. The molecule has 0 atom stereocenters. The molecule has 0 bridgehead atoms. The van der Waals surface area contributed by atoms with Gasteiger partial charge >= 0.3 is 0 Å². The van der Waals surface area contributed by atoms with E-state index in [1.165, 1.54) is 11.1 Å². The second-order valence-corrected chi connectivity index (χ2v) is 7.54. The summed E-state index contributed by atoms with van der Waals surface area (Å²) in [5.41, 5.74) is 8.25. The van der Waals surface area contributed by atoms with Crippen molar-refractivity contribution in [3.05, 3.63) is 88.7 Å². The largest absolute Gasteiger partial charge is 0.380 e. The molecule has 0 heterocycles. The summed E-state index contributed by atoms with van der Waals surface area (Å²) >= 11 is 0. The average molecular weight is 359 g/mol. The molecule has 0 aliphatic heterocycles. The summed E-state index contributed by atoms with van der Waals surface area (Å²) in [7, 11) is 0. The zero-order chi connectivity index (χ0) is 20.0. The number of hydrogen-bond acceptors (Lipinski definition) is 2. The first-order valence-electron chi connectivity index (χ1n) is 9.53. The first-order valence-corrected chi connectivity index (χ1v) is 9.53. The number of nitriles is 1. The van der Waals surface area contributed by atoms with Crippen molar-refractivity contribution in [2.24, 2.45) is 0 Å². The Morgan fingerprint density at radius 1 is 1.22 bits per heavy atom. The van der Waals surface area contributed by atoms with Gasteiger partial charge in [-0.25, -0.2) is 0 Å². The highest BCUT2D eigenvalue weighted by Gasteiger charge is 2.13. The smallest absolute Gasteiger partial charge is 0.101 e. The maximum absolute atomic E-state index is 9.73. The van der Waals surface area contributed by atoms with Gasteiger partial charge in [-0.05, 0) is 61.0 Å². The van der Waals surface area contributed by atoms with Crippen molar-refractivity contribution in [2.45, 2.75) is 46.5 Å². The molecule has 0 spiro atoms. The van der Waals surface area contributed by atoms with E-state index in [9.17, 15) is 5.26 Å². The molecule has 0 unspecified atom stereocenters. The monoisotopic (exact) mass is 358 g/mol. The number of benzene rings is 1. The maximum atomic E-state index is 9.73. The summed E-state index contributed by atoms with van der Waals surface area (Å²) < 4.78 is 0. The van der Waals surface area contributed by atoms with Crippen LogP contribution in [0.15, 0.2) is 77.6 Å². The third-order valence-corrected chi connectivity index (χ3v) is 5.00. The molecule has 0 radical (unpaired) electrons. The van der Waals surface area contributed by atoms with Gasteiger partial charge in [0.25, 0.3) is 0 Å². The van der Waals surface area contributed by atoms with Crippen LogP contribution in [-0.4, -0.2) is 6.54 Å². The van der Waals surface area contributed by atoms with Crippen LogP contribution in [-0.2, 0) is 0 Å². The first kappa shape index (κ1) is 20.5. The highest BCUT2D eigenvalue weighted by molar-refractivity contribution is 5.76. The molecule has 0 aromatic heterocycles. The second-order valence-electron chi connectivity index (χ2n) is 7.54. The molecule has 2 heteroatoms.